The number of hydrogen-bond donors (Lipinski definition) is 3. The van der Waals surface area contributed by atoms with Crippen molar-refractivity contribution in [2.45, 2.75) is 33.2 Å². The van der Waals surface area contributed by atoms with Crippen LogP contribution in [0, 0.1) is 6.92 Å². The van der Waals surface area contributed by atoms with E-state index in [4.69, 9.17) is 11.6 Å². The Labute approximate surface area is 149 Å². The summed E-state index contributed by atoms with van der Waals surface area (Å²) in [7, 11) is 0. The molecule has 0 saturated carbocycles. The molecule has 1 heterocycles. The van der Waals surface area contributed by atoms with E-state index in [9.17, 15) is 9.59 Å². The highest BCUT2D eigenvalue weighted by molar-refractivity contribution is 7.17. The van der Waals surface area contributed by atoms with E-state index in [1.165, 1.54) is 0 Å². The number of urea groups is 1. The molecule has 8 heteroatoms. The largest absolute Gasteiger partial charge is 0.349 e. The molecular weight excluding hydrogens is 348 g/mol. The Bertz CT molecular complexity index is 730. The van der Waals surface area contributed by atoms with Gasteiger partial charge in [0.15, 0.2) is 5.13 Å². The van der Waals surface area contributed by atoms with E-state index in [1.807, 2.05) is 13.8 Å². The minimum absolute atomic E-state index is 0.0867. The van der Waals surface area contributed by atoms with Gasteiger partial charge in [0.1, 0.15) is 4.88 Å². The highest BCUT2D eigenvalue weighted by atomic mass is 35.5. The second-order valence-corrected chi connectivity index (χ2v) is 6.74. The fourth-order valence-electron chi connectivity index (χ4n) is 1.84. The normalized spacial score (nSPS) is 11.7. The van der Waals surface area contributed by atoms with Crippen molar-refractivity contribution in [3.8, 4) is 0 Å². The molecule has 1 aromatic carbocycles. The third-order valence-corrected chi connectivity index (χ3v) is 4.64. The van der Waals surface area contributed by atoms with Crippen LogP contribution in [0.3, 0.4) is 0 Å². The predicted octanol–water partition coefficient (Wildman–Crippen LogP) is 4.28. The lowest BCUT2D eigenvalue weighted by atomic mass is 10.2. The van der Waals surface area contributed by atoms with Crippen LogP contribution in [-0.2, 0) is 0 Å². The predicted molar refractivity (Wildman–Crippen MR) is 98.2 cm³/mol. The molecule has 0 fully saturated rings. The molecule has 0 aliphatic carbocycles. The third kappa shape index (κ3) is 4.94. The van der Waals surface area contributed by atoms with Crippen molar-refractivity contribution >= 4 is 45.7 Å². The van der Waals surface area contributed by atoms with Crippen molar-refractivity contribution in [2.75, 3.05) is 10.6 Å². The van der Waals surface area contributed by atoms with Gasteiger partial charge in [-0.25, -0.2) is 9.78 Å². The van der Waals surface area contributed by atoms with Crippen LogP contribution in [0.15, 0.2) is 24.3 Å². The van der Waals surface area contributed by atoms with Gasteiger partial charge in [0.05, 0.1) is 5.69 Å². The van der Waals surface area contributed by atoms with Crippen LogP contribution in [0.5, 0.6) is 0 Å². The van der Waals surface area contributed by atoms with Gasteiger partial charge < -0.3 is 10.6 Å². The van der Waals surface area contributed by atoms with E-state index < -0.39 is 6.03 Å². The molecule has 0 spiro atoms. The zero-order valence-electron chi connectivity index (χ0n) is 13.6. The monoisotopic (exact) mass is 366 g/mol. The fourth-order valence-corrected chi connectivity index (χ4v) is 2.84. The van der Waals surface area contributed by atoms with E-state index in [2.05, 4.69) is 20.9 Å². The van der Waals surface area contributed by atoms with Gasteiger partial charge in [0.2, 0.25) is 0 Å². The molecular formula is C16H19ClN4O2S. The van der Waals surface area contributed by atoms with Crippen LogP contribution >= 0.6 is 22.9 Å². The summed E-state index contributed by atoms with van der Waals surface area (Å²) in [6, 6.07) is 6.41. The number of amides is 3. The van der Waals surface area contributed by atoms with Crippen LogP contribution in [0.2, 0.25) is 5.02 Å². The number of nitrogens with one attached hydrogen (secondary N) is 3. The highest BCUT2D eigenvalue weighted by Crippen LogP contribution is 2.23. The zero-order valence-corrected chi connectivity index (χ0v) is 15.2. The first-order valence-electron chi connectivity index (χ1n) is 7.51. The van der Waals surface area contributed by atoms with Crippen LogP contribution < -0.4 is 16.0 Å². The molecule has 128 valence electrons. The zero-order chi connectivity index (χ0) is 17.7. The fraction of sp³-hybridized carbons (Fsp3) is 0.312. The number of benzene rings is 1. The molecule has 1 atom stereocenters. The van der Waals surface area contributed by atoms with Gasteiger partial charge >= 0.3 is 6.03 Å². The molecule has 0 radical (unpaired) electrons. The molecule has 1 aromatic heterocycles. The number of hydrogen-bond acceptors (Lipinski definition) is 4. The van der Waals surface area contributed by atoms with Crippen molar-refractivity contribution < 1.29 is 9.59 Å². The Morgan fingerprint density at radius 2 is 1.92 bits per heavy atom. The van der Waals surface area contributed by atoms with Crippen LogP contribution in [0.25, 0.3) is 0 Å². The third-order valence-electron chi connectivity index (χ3n) is 3.32. The van der Waals surface area contributed by atoms with E-state index in [0.29, 0.717) is 26.4 Å². The summed E-state index contributed by atoms with van der Waals surface area (Å²) in [6.07, 6.45) is 0.845. The second kappa shape index (κ2) is 8.12. The van der Waals surface area contributed by atoms with Crippen molar-refractivity contribution in [3.05, 3.63) is 39.9 Å². The first kappa shape index (κ1) is 18.2. The minimum Gasteiger partial charge on any atom is -0.349 e. The standard InChI is InChI=1S/C16H19ClN4O2S/c1-4-9(2)18-14(22)13-10(3)19-16(24-13)21-15(23)20-12-7-5-11(17)6-8-12/h5-9H,4H2,1-3H3,(H,18,22)(H2,19,20,21,23). The molecule has 0 bridgehead atoms. The Kier molecular flexibility index (Phi) is 6.16. The number of anilines is 2. The Morgan fingerprint density at radius 3 is 2.54 bits per heavy atom. The maximum atomic E-state index is 12.2. The molecule has 2 aromatic rings. The summed E-state index contributed by atoms with van der Waals surface area (Å²) in [5.41, 5.74) is 1.20. The van der Waals surface area contributed by atoms with Crippen LogP contribution in [0.1, 0.15) is 35.6 Å². The number of carbonyl (C=O) groups excluding carboxylic acids is 2. The number of aryl methyl sites for hydroxylation is 1. The summed E-state index contributed by atoms with van der Waals surface area (Å²) in [4.78, 5) is 28.9. The van der Waals surface area contributed by atoms with Gasteiger partial charge in [0, 0.05) is 16.8 Å². The van der Waals surface area contributed by atoms with E-state index >= 15 is 0 Å². The number of thiazole rings is 1. The van der Waals surface area contributed by atoms with E-state index in [0.717, 1.165) is 17.8 Å². The molecule has 3 amide bonds. The first-order valence-corrected chi connectivity index (χ1v) is 8.70. The molecule has 0 saturated heterocycles. The molecule has 1 unspecified atom stereocenters. The average Bonchev–Trinajstić information content (AvgIpc) is 2.89. The van der Waals surface area contributed by atoms with Crippen molar-refractivity contribution in [2.24, 2.45) is 0 Å². The number of carbonyl (C=O) groups is 2. The topological polar surface area (TPSA) is 83.1 Å². The number of halogens is 1. The molecule has 3 N–H and O–H groups in total. The lowest BCUT2D eigenvalue weighted by Crippen LogP contribution is -2.31. The van der Waals surface area contributed by atoms with Crippen molar-refractivity contribution in [1.29, 1.82) is 0 Å². The summed E-state index contributed by atoms with van der Waals surface area (Å²) < 4.78 is 0. The Balaban J connectivity index is 2.00. The SMILES string of the molecule is CCC(C)NC(=O)c1sc(NC(=O)Nc2ccc(Cl)cc2)nc1C. The van der Waals surface area contributed by atoms with Gasteiger partial charge in [0.25, 0.3) is 5.91 Å². The first-order chi connectivity index (χ1) is 11.4. The van der Waals surface area contributed by atoms with E-state index in [1.54, 1.807) is 31.2 Å². The molecule has 24 heavy (non-hydrogen) atoms. The van der Waals surface area contributed by atoms with Gasteiger partial charge in [-0.1, -0.05) is 29.9 Å². The van der Waals surface area contributed by atoms with Gasteiger partial charge in [-0.3, -0.25) is 10.1 Å². The smallest absolute Gasteiger partial charge is 0.325 e. The Hall–Kier alpha value is -2.12. The van der Waals surface area contributed by atoms with Crippen LogP contribution in [0.4, 0.5) is 15.6 Å². The van der Waals surface area contributed by atoms with Crippen molar-refractivity contribution in [3.63, 3.8) is 0 Å². The summed E-state index contributed by atoms with van der Waals surface area (Å²) in [5, 5.41) is 9.16. The summed E-state index contributed by atoms with van der Waals surface area (Å²) >= 11 is 6.94. The maximum Gasteiger partial charge on any atom is 0.325 e. The van der Waals surface area contributed by atoms with E-state index in [-0.39, 0.29) is 11.9 Å². The lowest BCUT2D eigenvalue weighted by Gasteiger charge is -2.09. The number of nitrogens with zero attached hydrogens (tertiary/aromatic N) is 1. The molecule has 0 aliphatic heterocycles. The average molecular weight is 367 g/mol. The van der Waals surface area contributed by atoms with Gasteiger partial charge in [-0.15, -0.1) is 0 Å². The van der Waals surface area contributed by atoms with Crippen molar-refractivity contribution in [1.82, 2.24) is 10.3 Å². The molecule has 2 rings (SSSR count). The lowest BCUT2D eigenvalue weighted by molar-refractivity contribution is 0.0942. The maximum absolute atomic E-state index is 12.2. The van der Waals surface area contributed by atoms with Gasteiger partial charge in [-0.05, 0) is 44.5 Å². The summed E-state index contributed by atoms with van der Waals surface area (Å²) in [6.45, 7) is 5.68. The Morgan fingerprint density at radius 1 is 1.25 bits per heavy atom. The van der Waals surface area contributed by atoms with Gasteiger partial charge in [-0.2, -0.15) is 0 Å². The quantitative estimate of drug-likeness (QED) is 0.738. The minimum atomic E-state index is -0.431. The molecule has 6 nitrogen and oxygen atoms in total. The summed E-state index contributed by atoms with van der Waals surface area (Å²) in [5.74, 6) is -0.175. The number of aromatic nitrogens is 1. The second-order valence-electron chi connectivity index (χ2n) is 5.30. The van der Waals surface area contributed by atoms with Crippen LogP contribution in [-0.4, -0.2) is 23.0 Å². The number of rotatable bonds is 5. The molecule has 0 aliphatic rings. The highest BCUT2D eigenvalue weighted by Gasteiger charge is 2.17.